The van der Waals surface area contributed by atoms with Crippen LogP contribution < -0.4 is 0 Å². The van der Waals surface area contributed by atoms with Crippen LogP contribution in [0.5, 0.6) is 0 Å². The highest BCUT2D eigenvalue weighted by molar-refractivity contribution is 9.09. The van der Waals surface area contributed by atoms with E-state index in [4.69, 9.17) is 18.6 Å². The molecule has 0 unspecified atom stereocenters. The number of rotatable bonds is 4. The highest BCUT2D eigenvalue weighted by Gasteiger charge is 2.58. The first-order chi connectivity index (χ1) is 9.88. The van der Waals surface area contributed by atoms with Gasteiger partial charge in [-0.2, -0.15) is 0 Å². The maximum Gasteiger partial charge on any atom is 0.192 e. The van der Waals surface area contributed by atoms with Crippen molar-refractivity contribution in [2.45, 2.75) is 83.1 Å². The van der Waals surface area contributed by atoms with E-state index in [2.05, 4.69) is 49.8 Å². The van der Waals surface area contributed by atoms with E-state index in [0.29, 0.717) is 0 Å². The van der Waals surface area contributed by atoms with E-state index < -0.39 is 32.6 Å². The lowest BCUT2D eigenvalue weighted by Gasteiger charge is -2.40. The van der Waals surface area contributed by atoms with Crippen LogP contribution >= 0.6 is 15.9 Å². The molecule has 2 aliphatic rings. The minimum Gasteiger partial charge on any atom is -0.408 e. The number of fused-ring (bicyclic) bond motifs is 1. The summed E-state index contributed by atoms with van der Waals surface area (Å²) in [5.74, 6) is -0.754. The number of halogens is 1. The number of alkyl halides is 1. The molecule has 0 saturated carbocycles. The fourth-order valence-corrected chi connectivity index (χ4v) is 4.07. The second kappa shape index (κ2) is 5.93. The zero-order valence-electron chi connectivity index (χ0n) is 14.4. The number of hydrogen-bond donors (Lipinski definition) is 0. The van der Waals surface area contributed by atoms with Crippen molar-refractivity contribution in [2.24, 2.45) is 0 Å². The molecule has 128 valence electrons. The molecule has 0 aromatic heterocycles. The molecule has 0 amide bonds. The van der Waals surface area contributed by atoms with Gasteiger partial charge in [0.1, 0.15) is 18.3 Å². The van der Waals surface area contributed by atoms with Crippen LogP contribution in [-0.4, -0.2) is 49.8 Å². The van der Waals surface area contributed by atoms with Gasteiger partial charge in [0.05, 0.1) is 5.33 Å². The Bertz CT molecular complexity index is 446. The number of carbonyl (C=O) groups excluding carboxylic acids is 1. The van der Waals surface area contributed by atoms with Gasteiger partial charge in [0.25, 0.3) is 0 Å². The van der Waals surface area contributed by atoms with Gasteiger partial charge in [-0.1, -0.05) is 36.7 Å². The van der Waals surface area contributed by atoms with Crippen LogP contribution in [0.1, 0.15) is 34.6 Å². The predicted molar refractivity (Wildman–Crippen MR) is 89.6 cm³/mol. The first-order valence-corrected chi connectivity index (χ1v) is 11.7. The van der Waals surface area contributed by atoms with Gasteiger partial charge in [0.15, 0.2) is 26.2 Å². The van der Waals surface area contributed by atoms with Crippen molar-refractivity contribution >= 4 is 30.0 Å². The van der Waals surface area contributed by atoms with E-state index in [-0.39, 0.29) is 22.3 Å². The lowest BCUT2D eigenvalue weighted by Crippen LogP contribution is -2.51. The van der Waals surface area contributed by atoms with Gasteiger partial charge < -0.3 is 18.6 Å². The monoisotopic (exact) mass is 394 g/mol. The Kier molecular flexibility index (Phi) is 5.00. The van der Waals surface area contributed by atoms with Crippen LogP contribution in [0.4, 0.5) is 0 Å². The van der Waals surface area contributed by atoms with Crippen LogP contribution in [0.2, 0.25) is 18.1 Å². The molecule has 2 saturated heterocycles. The van der Waals surface area contributed by atoms with E-state index in [1.165, 1.54) is 0 Å². The predicted octanol–water partition coefficient (Wildman–Crippen LogP) is 3.22. The van der Waals surface area contributed by atoms with Crippen LogP contribution in [0, 0.1) is 0 Å². The quantitative estimate of drug-likeness (QED) is 0.541. The van der Waals surface area contributed by atoms with Gasteiger partial charge in [0, 0.05) is 0 Å². The normalized spacial score (nSPS) is 34.7. The average Bonchev–Trinajstić information content (AvgIpc) is 2.80. The first-order valence-electron chi connectivity index (χ1n) is 7.65. The fourth-order valence-electron chi connectivity index (χ4n) is 2.46. The molecule has 4 atom stereocenters. The second-order valence-electron chi connectivity index (χ2n) is 7.97. The molecular formula is C15H27BrO5Si. The van der Waals surface area contributed by atoms with Gasteiger partial charge in [-0.05, 0) is 32.0 Å². The van der Waals surface area contributed by atoms with Crippen LogP contribution in [0.15, 0.2) is 0 Å². The molecule has 2 rings (SSSR count). The van der Waals surface area contributed by atoms with Gasteiger partial charge in [-0.25, -0.2) is 0 Å². The van der Waals surface area contributed by atoms with E-state index in [1.54, 1.807) is 0 Å². The Balaban J connectivity index is 2.25. The van der Waals surface area contributed by atoms with Gasteiger partial charge >= 0.3 is 0 Å². The van der Waals surface area contributed by atoms with E-state index in [0.717, 1.165) is 0 Å². The molecule has 22 heavy (non-hydrogen) atoms. The van der Waals surface area contributed by atoms with Crippen molar-refractivity contribution in [1.29, 1.82) is 0 Å². The third-order valence-corrected chi connectivity index (χ3v) is 9.70. The van der Waals surface area contributed by atoms with Crippen molar-refractivity contribution in [3.8, 4) is 0 Å². The van der Waals surface area contributed by atoms with E-state index >= 15 is 0 Å². The maximum absolute atomic E-state index is 12.2. The van der Waals surface area contributed by atoms with Crippen LogP contribution in [-0.2, 0) is 23.4 Å². The summed E-state index contributed by atoms with van der Waals surface area (Å²) in [6.07, 6.45) is -1.97. The number of ketones is 1. The zero-order valence-corrected chi connectivity index (χ0v) is 17.0. The van der Waals surface area contributed by atoms with Crippen molar-refractivity contribution < 1.29 is 23.4 Å². The Morgan fingerprint density at radius 3 is 2.36 bits per heavy atom. The van der Waals surface area contributed by atoms with Crippen molar-refractivity contribution in [1.82, 2.24) is 0 Å². The van der Waals surface area contributed by atoms with Crippen LogP contribution in [0.3, 0.4) is 0 Å². The molecule has 5 nitrogen and oxygen atoms in total. The summed E-state index contributed by atoms with van der Waals surface area (Å²) in [5.41, 5.74) is 0. The summed E-state index contributed by atoms with van der Waals surface area (Å²) in [5, 5.41) is 0.278. The molecule has 0 spiro atoms. The minimum absolute atomic E-state index is 0.0388. The lowest BCUT2D eigenvalue weighted by atomic mass is 10.1. The number of carbonyl (C=O) groups is 1. The van der Waals surface area contributed by atoms with Crippen molar-refractivity contribution in [3.63, 3.8) is 0 Å². The number of Topliss-reactive ketones (excluding diaryl/α,β-unsaturated/α-hetero) is 1. The summed E-state index contributed by atoms with van der Waals surface area (Å²) < 4.78 is 24.0. The topological polar surface area (TPSA) is 54.0 Å². The SMILES string of the molecule is CC1(C)O[C@H]2O[C@H](C(=O)CBr)[C@H](O[Si](C)(C)C(C)(C)C)[C@H]2O1. The Morgan fingerprint density at radius 1 is 1.27 bits per heavy atom. The Morgan fingerprint density at radius 2 is 1.86 bits per heavy atom. The molecular weight excluding hydrogens is 368 g/mol. The fraction of sp³-hybridized carbons (Fsp3) is 0.933. The van der Waals surface area contributed by atoms with Crippen molar-refractivity contribution in [2.75, 3.05) is 5.33 Å². The van der Waals surface area contributed by atoms with Crippen molar-refractivity contribution in [3.05, 3.63) is 0 Å². The van der Waals surface area contributed by atoms with Gasteiger partial charge in [-0.15, -0.1) is 0 Å². The molecule has 0 aliphatic carbocycles. The molecule has 2 fully saturated rings. The summed E-state index contributed by atoms with van der Waals surface area (Å²) in [6.45, 7) is 14.5. The standard InChI is InChI=1S/C15H27BrO5Si/c1-14(2,3)22(6,7)21-11-10(9(17)8-16)18-13-12(11)19-15(4,5)20-13/h10-13H,8H2,1-7H3/t10-,11+,12-,13-/m1/s1. The van der Waals surface area contributed by atoms with Crippen LogP contribution in [0.25, 0.3) is 0 Å². The van der Waals surface area contributed by atoms with E-state index in [1.807, 2.05) is 13.8 Å². The third-order valence-electron chi connectivity index (χ3n) is 4.68. The molecule has 0 N–H and O–H groups in total. The highest BCUT2D eigenvalue weighted by atomic mass is 79.9. The maximum atomic E-state index is 12.2. The molecule has 0 bridgehead atoms. The molecule has 0 aromatic rings. The van der Waals surface area contributed by atoms with Gasteiger partial charge in [-0.3, -0.25) is 4.79 Å². The van der Waals surface area contributed by atoms with E-state index in [9.17, 15) is 4.79 Å². The molecule has 2 aliphatic heterocycles. The Labute approximate surface area is 142 Å². The lowest BCUT2D eigenvalue weighted by molar-refractivity contribution is -0.213. The highest BCUT2D eigenvalue weighted by Crippen LogP contribution is 2.44. The summed E-state index contributed by atoms with van der Waals surface area (Å²) in [4.78, 5) is 12.2. The minimum atomic E-state index is -2.06. The summed E-state index contributed by atoms with van der Waals surface area (Å²) >= 11 is 3.22. The zero-order chi connectivity index (χ0) is 16.9. The molecule has 0 aromatic carbocycles. The molecule has 2 heterocycles. The number of ether oxygens (including phenoxy) is 3. The third kappa shape index (κ3) is 3.49. The first kappa shape index (κ1) is 18.5. The molecule has 7 heteroatoms. The smallest absolute Gasteiger partial charge is 0.192 e. The Hall–Kier alpha value is 0.207. The largest absolute Gasteiger partial charge is 0.408 e. The summed E-state index contributed by atoms with van der Waals surface area (Å²) in [7, 11) is -2.06. The molecule has 0 radical (unpaired) electrons. The van der Waals surface area contributed by atoms with Gasteiger partial charge in [0.2, 0.25) is 0 Å². The summed E-state index contributed by atoms with van der Waals surface area (Å²) in [6, 6.07) is 0. The average molecular weight is 395 g/mol. The number of hydrogen-bond acceptors (Lipinski definition) is 5. The second-order valence-corrected chi connectivity index (χ2v) is 13.3.